The fourth-order valence-corrected chi connectivity index (χ4v) is 3.41. The molecule has 0 unspecified atom stereocenters. The first-order valence-electron chi connectivity index (χ1n) is 7.41. The summed E-state index contributed by atoms with van der Waals surface area (Å²) >= 11 is 0. The van der Waals surface area contributed by atoms with Gasteiger partial charge in [-0.25, -0.2) is 8.42 Å². The maximum absolute atomic E-state index is 12.8. The zero-order valence-electron chi connectivity index (χ0n) is 13.7. The second-order valence-electron chi connectivity index (χ2n) is 5.30. The second kappa shape index (κ2) is 7.31. The fourth-order valence-electron chi connectivity index (χ4n) is 2.20. The largest absolute Gasteiger partial charge is 0.349 e. The minimum atomic E-state index is -3.75. The Morgan fingerprint density at radius 2 is 1.79 bits per heavy atom. The molecule has 0 saturated heterocycles. The number of rotatable bonds is 6. The lowest BCUT2D eigenvalue weighted by atomic mass is 10.1. The second-order valence-corrected chi connectivity index (χ2v) is 7.27. The molecule has 0 aliphatic carbocycles. The number of anilines is 1. The summed E-state index contributed by atoms with van der Waals surface area (Å²) in [7, 11) is -2.31. The molecule has 0 aliphatic heterocycles. The van der Waals surface area contributed by atoms with Crippen molar-refractivity contribution < 1.29 is 13.2 Å². The quantitative estimate of drug-likeness (QED) is 0.820. The van der Waals surface area contributed by atoms with Crippen LogP contribution in [0.1, 0.15) is 15.9 Å². The van der Waals surface area contributed by atoms with Crippen LogP contribution < -0.4 is 9.62 Å². The van der Waals surface area contributed by atoms with Crippen LogP contribution in [-0.4, -0.2) is 27.9 Å². The summed E-state index contributed by atoms with van der Waals surface area (Å²) in [6.45, 7) is 5.74. The molecular weight excluding hydrogens is 324 g/mol. The molecule has 0 saturated carbocycles. The first-order chi connectivity index (χ1) is 11.4. The Morgan fingerprint density at radius 1 is 1.17 bits per heavy atom. The van der Waals surface area contributed by atoms with Crippen molar-refractivity contribution in [1.82, 2.24) is 5.32 Å². The molecule has 0 radical (unpaired) electrons. The molecule has 0 spiro atoms. The summed E-state index contributed by atoms with van der Waals surface area (Å²) < 4.78 is 26.7. The van der Waals surface area contributed by atoms with E-state index in [-0.39, 0.29) is 16.4 Å². The van der Waals surface area contributed by atoms with Crippen LogP contribution in [0.15, 0.2) is 66.1 Å². The first-order valence-corrected chi connectivity index (χ1v) is 8.85. The Bertz CT molecular complexity index is 843. The van der Waals surface area contributed by atoms with E-state index in [0.29, 0.717) is 12.2 Å². The number of carbonyl (C=O) groups is 1. The summed E-state index contributed by atoms with van der Waals surface area (Å²) in [4.78, 5) is 12.4. The third-order valence-electron chi connectivity index (χ3n) is 3.57. The molecule has 126 valence electrons. The minimum absolute atomic E-state index is 0.178. The molecule has 2 aromatic rings. The summed E-state index contributed by atoms with van der Waals surface area (Å²) in [6.07, 6.45) is 1.56. The van der Waals surface area contributed by atoms with E-state index >= 15 is 0 Å². The summed E-state index contributed by atoms with van der Waals surface area (Å²) in [5.74, 6) is -0.351. The van der Waals surface area contributed by atoms with Gasteiger partial charge in [0.25, 0.3) is 15.9 Å². The Labute approximate surface area is 142 Å². The van der Waals surface area contributed by atoms with E-state index in [1.54, 1.807) is 54.6 Å². The third-order valence-corrected chi connectivity index (χ3v) is 5.36. The van der Waals surface area contributed by atoms with Crippen LogP contribution in [-0.2, 0) is 10.0 Å². The molecule has 0 bridgehead atoms. The van der Waals surface area contributed by atoms with Crippen LogP contribution in [0.25, 0.3) is 0 Å². The normalized spacial score (nSPS) is 10.9. The summed E-state index contributed by atoms with van der Waals surface area (Å²) in [5.41, 5.74) is 1.58. The molecule has 0 aromatic heterocycles. The lowest BCUT2D eigenvalue weighted by Crippen LogP contribution is -2.30. The third kappa shape index (κ3) is 3.65. The van der Waals surface area contributed by atoms with Gasteiger partial charge in [0.05, 0.1) is 16.1 Å². The van der Waals surface area contributed by atoms with Gasteiger partial charge < -0.3 is 5.32 Å². The zero-order chi connectivity index (χ0) is 17.7. The predicted octanol–water partition coefficient (Wildman–Crippen LogP) is 2.74. The number of carbonyl (C=O) groups excluding carboxylic acids is 1. The molecule has 0 aliphatic rings. The van der Waals surface area contributed by atoms with Gasteiger partial charge in [-0.3, -0.25) is 9.10 Å². The van der Waals surface area contributed by atoms with E-state index in [1.807, 2.05) is 6.92 Å². The van der Waals surface area contributed by atoms with Gasteiger partial charge in [-0.05, 0) is 31.2 Å². The Balaban J connectivity index is 2.42. The van der Waals surface area contributed by atoms with Crippen LogP contribution in [0.4, 0.5) is 5.69 Å². The number of benzene rings is 2. The number of hydrogen-bond acceptors (Lipinski definition) is 3. The molecule has 24 heavy (non-hydrogen) atoms. The Morgan fingerprint density at radius 3 is 2.42 bits per heavy atom. The smallest absolute Gasteiger partial charge is 0.264 e. The molecule has 2 rings (SSSR count). The molecule has 2 aromatic carbocycles. The van der Waals surface area contributed by atoms with Gasteiger partial charge in [-0.2, -0.15) is 0 Å². The SMILES string of the molecule is C=CCNC(=O)c1ccccc1N(C)S(=O)(=O)c1ccc(C)cc1. The number of hydrogen-bond donors (Lipinski definition) is 1. The van der Waals surface area contributed by atoms with Gasteiger partial charge in [-0.1, -0.05) is 35.9 Å². The summed E-state index contributed by atoms with van der Waals surface area (Å²) in [6, 6.07) is 13.2. The molecule has 1 amide bonds. The fraction of sp³-hybridized carbons (Fsp3) is 0.167. The molecule has 1 N–H and O–H groups in total. The lowest BCUT2D eigenvalue weighted by Gasteiger charge is -2.22. The van der Waals surface area contributed by atoms with E-state index in [9.17, 15) is 13.2 Å². The lowest BCUT2D eigenvalue weighted by molar-refractivity contribution is 0.0958. The van der Waals surface area contributed by atoms with E-state index in [2.05, 4.69) is 11.9 Å². The van der Waals surface area contributed by atoms with E-state index in [0.717, 1.165) is 9.87 Å². The van der Waals surface area contributed by atoms with Crippen molar-refractivity contribution in [1.29, 1.82) is 0 Å². The number of nitrogens with zero attached hydrogens (tertiary/aromatic N) is 1. The van der Waals surface area contributed by atoms with E-state index < -0.39 is 10.0 Å². The average molecular weight is 344 g/mol. The highest BCUT2D eigenvalue weighted by molar-refractivity contribution is 7.92. The van der Waals surface area contributed by atoms with Gasteiger partial charge in [0.2, 0.25) is 0 Å². The van der Waals surface area contributed by atoms with Crippen molar-refractivity contribution in [3.63, 3.8) is 0 Å². The highest BCUT2D eigenvalue weighted by atomic mass is 32.2. The monoisotopic (exact) mass is 344 g/mol. The zero-order valence-corrected chi connectivity index (χ0v) is 14.5. The van der Waals surface area contributed by atoms with Gasteiger partial charge in [0, 0.05) is 13.6 Å². The Kier molecular flexibility index (Phi) is 5.41. The van der Waals surface area contributed by atoms with Gasteiger partial charge in [0.1, 0.15) is 0 Å². The van der Waals surface area contributed by atoms with Crippen molar-refractivity contribution in [2.75, 3.05) is 17.9 Å². The number of nitrogens with one attached hydrogen (secondary N) is 1. The van der Waals surface area contributed by atoms with Crippen molar-refractivity contribution in [2.45, 2.75) is 11.8 Å². The Hall–Kier alpha value is -2.60. The first kappa shape index (κ1) is 17.7. The molecule has 5 nitrogen and oxygen atoms in total. The molecule has 0 fully saturated rings. The van der Waals surface area contributed by atoms with Gasteiger partial charge in [-0.15, -0.1) is 6.58 Å². The van der Waals surface area contributed by atoms with E-state index in [4.69, 9.17) is 0 Å². The number of aryl methyl sites for hydroxylation is 1. The van der Waals surface area contributed by atoms with Crippen molar-refractivity contribution in [2.24, 2.45) is 0 Å². The molecular formula is C18H20N2O3S. The standard InChI is InChI=1S/C18H20N2O3S/c1-4-13-19-18(21)16-7-5-6-8-17(16)20(3)24(22,23)15-11-9-14(2)10-12-15/h4-12H,1,13H2,2-3H3,(H,19,21). The molecule has 0 heterocycles. The van der Waals surface area contributed by atoms with Crippen LogP contribution >= 0.6 is 0 Å². The highest BCUT2D eigenvalue weighted by Crippen LogP contribution is 2.25. The minimum Gasteiger partial charge on any atom is -0.349 e. The number of para-hydroxylation sites is 1. The van der Waals surface area contributed by atoms with Crippen LogP contribution in [0, 0.1) is 6.92 Å². The van der Waals surface area contributed by atoms with Crippen molar-refractivity contribution in [3.8, 4) is 0 Å². The van der Waals surface area contributed by atoms with Crippen LogP contribution in [0.2, 0.25) is 0 Å². The summed E-state index contributed by atoms with van der Waals surface area (Å²) in [5, 5.41) is 2.66. The van der Waals surface area contributed by atoms with Crippen molar-refractivity contribution in [3.05, 3.63) is 72.3 Å². The number of sulfonamides is 1. The topological polar surface area (TPSA) is 66.5 Å². The van der Waals surface area contributed by atoms with Gasteiger partial charge >= 0.3 is 0 Å². The van der Waals surface area contributed by atoms with Crippen LogP contribution in [0.5, 0.6) is 0 Å². The maximum atomic E-state index is 12.8. The highest BCUT2D eigenvalue weighted by Gasteiger charge is 2.24. The number of amides is 1. The average Bonchev–Trinajstić information content (AvgIpc) is 2.59. The molecule has 0 atom stereocenters. The van der Waals surface area contributed by atoms with E-state index in [1.165, 1.54) is 7.05 Å². The van der Waals surface area contributed by atoms with Crippen molar-refractivity contribution >= 4 is 21.6 Å². The molecule has 6 heteroatoms. The van der Waals surface area contributed by atoms with Crippen LogP contribution in [0.3, 0.4) is 0 Å². The predicted molar refractivity (Wildman–Crippen MR) is 95.7 cm³/mol. The maximum Gasteiger partial charge on any atom is 0.264 e. The van der Waals surface area contributed by atoms with Gasteiger partial charge in [0.15, 0.2) is 0 Å².